The summed E-state index contributed by atoms with van der Waals surface area (Å²) >= 11 is 3.17. The van der Waals surface area contributed by atoms with Crippen LogP contribution in [0.3, 0.4) is 0 Å². The average Bonchev–Trinajstić information content (AvgIpc) is 2.33. The van der Waals surface area contributed by atoms with Gasteiger partial charge in [0.1, 0.15) is 17.5 Å². The molecule has 1 aromatic carbocycles. The summed E-state index contributed by atoms with van der Waals surface area (Å²) in [6, 6.07) is 6.38. The van der Waals surface area contributed by atoms with E-state index in [-0.39, 0.29) is 13.2 Å². The Bertz CT molecular complexity index is 451. The summed E-state index contributed by atoms with van der Waals surface area (Å²) in [5, 5.41) is 0. The summed E-state index contributed by atoms with van der Waals surface area (Å²) in [6.07, 6.45) is 0. The molecule has 1 rings (SSSR count). The van der Waals surface area contributed by atoms with Crippen LogP contribution in [-0.2, 0) is 14.3 Å². The first kappa shape index (κ1) is 15.5. The lowest BCUT2D eigenvalue weighted by molar-refractivity contribution is -0.146. The van der Waals surface area contributed by atoms with E-state index in [9.17, 15) is 9.59 Å². The quantitative estimate of drug-likeness (QED) is 0.387. The molecule has 0 amide bonds. The third-order valence-electron chi connectivity index (χ3n) is 2.18. The number of esters is 2. The van der Waals surface area contributed by atoms with E-state index in [1.807, 2.05) is 0 Å². The van der Waals surface area contributed by atoms with Crippen molar-refractivity contribution in [3.63, 3.8) is 0 Å². The first-order valence-corrected chi connectivity index (χ1v) is 6.49. The molecular weight excluding hydrogens is 314 g/mol. The zero-order valence-electron chi connectivity index (χ0n) is 10.8. The number of carbonyl (C=O) groups excluding carboxylic acids is 2. The second-order valence-electron chi connectivity index (χ2n) is 4.37. The van der Waals surface area contributed by atoms with Gasteiger partial charge in [-0.3, -0.25) is 4.79 Å². The fraction of sp³-hybridized carbons (Fsp3) is 0.385. The minimum Gasteiger partial charge on any atom is -0.461 e. The van der Waals surface area contributed by atoms with E-state index < -0.39 is 16.3 Å². The second-order valence-corrected chi connectivity index (χ2v) is 6.35. The van der Waals surface area contributed by atoms with Crippen LogP contribution < -0.4 is 5.73 Å². The highest BCUT2D eigenvalue weighted by atomic mass is 79.9. The van der Waals surface area contributed by atoms with Crippen molar-refractivity contribution in [2.45, 2.75) is 18.2 Å². The number of benzene rings is 1. The fourth-order valence-electron chi connectivity index (χ4n) is 1.14. The highest BCUT2D eigenvalue weighted by molar-refractivity contribution is 9.10. The van der Waals surface area contributed by atoms with Crippen molar-refractivity contribution in [3.05, 3.63) is 29.8 Å². The maximum atomic E-state index is 11.6. The molecule has 0 spiro atoms. The molecule has 0 aromatic heterocycles. The van der Waals surface area contributed by atoms with E-state index in [0.29, 0.717) is 11.3 Å². The third-order valence-corrected chi connectivity index (χ3v) is 2.51. The average molecular weight is 330 g/mol. The van der Waals surface area contributed by atoms with E-state index in [0.717, 1.165) is 0 Å². The first-order chi connectivity index (χ1) is 8.80. The summed E-state index contributed by atoms with van der Waals surface area (Å²) in [5.74, 6) is -0.884. The van der Waals surface area contributed by atoms with Crippen LogP contribution in [0, 0.1) is 0 Å². The van der Waals surface area contributed by atoms with Gasteiger partial charge in [0, 0.05) is 5.69 Å². The molecule has 0 aliphatic carbocycles. The Balaban J connectivity index is 2.32. The number of carbonyl (C=O) groups is 2. The summed E-state index contributed by atoms with van der Waals surface area (Å²) in [5.41, 5.74) is 6.49. The number of anilines is 1. The van der Waals surface area contributed by atoms with Gasteiger partial charge < -0.3 is 15.2 Å². The lowest BCUT2D eigenvalue weighted by Gasteiger charge is -2.14. The zero-order chi connectivity index (χ0) is 14.5. The fourth-order valence-corrected chi connectivity index (χ4v) is 1.26. The van der Waals surface area contributed by atoms with Gasteiger partial charge in [0.2, 0.25) is 0 Å². The summed E-state index contributed by atoms with van der Waals surface area (Å²) < 4.78 is 9.15. The number of nitrogen functional groups attached to an aromatic ring is 1. The molecule has 0 aliphatic rings. The zero-order valence-corrected chi connectivity index (χ0v) is 12.4. The van der Waals surface area contributed by atoms with Gasteiger partial charge in [-0.15, -0.1) is 0 Å². The molecule has 0 heterocycles. The molecule has 0 bridgehead atoms. The molecule has 0 saturated carbocycles. The molecule has 2 N–H and O–H groups in total. The Kier molecular flexibility index (Phi) is 5.35. The summed E-state index contributed by atoms with van der Waals surface area (Å²) in [6.45, 7) is 3.39. The van der Waals surface area contributed by atoms with Crippen LogP contribution in [0.1, 0.15) is 24.2 Å². The van der Waals surface area contributed by atoms with E-state index in [1.54, 1.807) is 38.1 Å². The Morgan fingerprint density at radius 2 is 1.68 bits per heavy atom. The van der Waals surface area contributed by atoms with E-state index in [4.69, 9.17) is 15.2 Å². The predicted octanol–water partition coefficient (Wildman–Crippen LogP) is 2.14. The lowest BCUT2D eigenvalue weighted by Crippen LogP contribution is -2.28. The maximum absolute atomic E-state index is 11.6. The van der Waals surface area contributed by atoms with E-state index >= 15 is 0 Å². The predicted molar refractivity (Wildman–Crippen MR) is 75.1 cm³/mol. The molecule has 104 valence electrons. The van der Waals surface area contributed by atoms with Gasteiger partial charge in [0.05, 0.1) is 5.56 Å². The topological polar surface area (TPSA) is 78.6 Å². The molecule has 1 aromatic rings. The van der Waals surface area contributed by atoms with Crippen LogP contribution in [0.5, 0.6) is 0 Å². The van der Waals surface area contributed by atoms with Crippen molar-refractivity contribution in [2.24, 2.45) is 0 Å². The van der Waals surface area contributed by atoms with Crippen LogP contribution in [0.4, 0.5) is 5.69 Å². The lowest BCUT2D eigenvalue weighted by atomic mass is 10.2. The normalized spacial score (nSPS) is 10.9. The highest BCUT2D eigenvalue weighted by Gasteiger charge is 2.25. The number of rotatable bonds is 5. The number of alkyl halides is 1. The largest absolute Gasteiger partial charge is 0.461 e. The molecule has 0 atom stereocenters. The number of ether oxygens (including phenoxy) is 2. The number of hydrogen-bond acceptors (Lipinski definition) is 5. The van der Waals surface area contributed by atoms with Crippen LogP contribution in [0.25, 0.3) is 0 Å². The molecule has 5 nitrogen and oxygen atoms in total. The minimum absolute atomic E-state index is 0.0119. The van der Waals surface area contributed by atoms with Gasteiger partial charge in [-0.25, -0.2) is 4.79 Å². The Hall–Kier alpha value is -1.56. The SMILES string of the molecule is CC(C)(Br)C(=O)OCCOC(=O)c1ccc(N)cc1. The molecule has 0 radical (unpaired) electrons. The summed E-state index contributed by atoms with van der Waals surface area (Å²) in [7, 11) is 0. The minimum atomic E-state index is -0.742. The van der Waals surface area contributed by atoms with E-state index in [2.05, 4.69) is 15.9 Å². The van der Waals surface area contributed by atoms with Crippen molar-refractivity contribution in [3.8, 4) is 0 Å². The van der Waals surface area contributed by atoms with Crippen molar-refractivity contribution >= 4 is 33.6 Å². The van der Waals surface area contributed by atoms with Gasteiger partial charge in [0.15, 0.2) is 0 Å². The van der Waals surface area contributed by atoms with Crippen LogP contribution in [-0.4, -0.2) is 29.5 Å². The van der Waals surface area contributed by atoms with Crippen molar-refractivity contribution in [1.29, 1.82) is 0 Å². The van der Waals surface area contributed by atoms with Crippen LogP contribution in [0.15, 0.2) is 24.3 Å². The van der Waals surface area contributed by atoms with Crippen LogP contribution >= 0.6 is 15.9 Å². The van der Waals surface area contributed by atoms with Crippen molar-refractivity contribution in [1.82, 2.24) is 0 Å². The van der Waals surface area contributed by atoms with Gasteiger partial charge in [-0.1, -0.05) is 15.9 Å². The molecule has 0 unspecified atom stereocenters. The van der Waals surface area contributed by atoms with Crippen molar-refractivity contribution in [2.75, 3.05) is 18.9 Å². The maximum Gasteiger partial charge on any atom is 0.338 e. The van der Waals surface area contributed by atoms with Gasteiger partial charge in [-0.05, 0) is 38.1 Å². The first-order valence-electron chi connectivity index (χ1n) is 5.69. The molecule has 0 saturated heterocycles. The number of nitrogens with two attached hydrogens (primary N) is 1. The smallest absolute Gasteiger partial charge is 0.338 e. The summed E-state index contributed by atoms with van der Waals surface area (Å²) in [4.78, 5) is 23.0. The molecule has 19 heavy (non-hydrogen) atoms. The van der Waals surface area contributed by atoms with Gasteiger partial charge in [0.25, 0.3) is 0 Å². The van der Waals surface area contributed by atoms with Gasteiger partial charge >= 0.3 is 11.9 Å². The Labute approximate surface area is 120 Å². The Morgan fingerprint density at radius 1 is 1.16 bits per heavy atom. The second kappa shape index (κ2) is 6.56. The molecule has 0 aliphatic heterocycles. The number of hydrogen-bond donors (Lipinski definition) is 1. The molecular formula is C13H16BrNO4. The molecule has 6 heteroatoms. The Morgan fingerprint density at radius 3 is 2.21 bits per heavy atom. The monoisotopic (exact) mass is 329 g/mol. The third kappa shape index (κ3) is 5.30. The molecule has 0 fully saturated rings. The van der Waals surface area contributed by atoms with Crippen molar-refractivity contribution < 1.29 is 19.1 Å². The van der Waals surface area contributed by atoms with E-state index in [1.165, 1.54) is 0 Å². The standard InChI is InChI=1S/C13H16BrNO4/c1-13(2,14)12(17)19-8-7-18-11(16)9-3-5-10(15)6-4-9/h3-6H,7-8,15H2,1-2H3. The number of halogens is 1. The van der Waals surface area contributed by atoms with Crippen LogP contribution in [0.2, 0.25) is 0 Å². The van der Waals surface area contributed by atoms with Gasteiger partial charge in [-0.2, -0.15) is 0 Å². The highest BCUT2D eigenvalue weighted by Crippen LogP contribution is 2.17.